The molecule has 9 heteroatoms. The van der Waals surface area contributed by atoms with Gasteiger partial charge < -0.3 is 24.7 Å². The van der Waals surface area contributed by atoms with E-state index in [1.165, 1.54) is 0 Å². The van der Waals surface area contributed by atoms with Crippen molar-refractivity contribution in [3.05, 3.63) is 59.1 Å². The average molecular weight is 425 g/mol. The van der Waals surface area contributed by atoms with Crippen LogP contribution in [0, 0.1) is 0 Å². The molecule has 0 amide bonds. The van der Waals surface area contributed by atoms with E-state index in [4.69, 9.17) is 9.47 Å². The zero-order chi connectivity index (χ0) is 21.8. The van der Waals surface area contributed by atoms with Crippen LogP contribution in [0.1, 0.15) is 13.8 Å². The van der Waals surface area contributed by atoms with Gasteiger partial charge in [0.25, 0.3) is 5.56 Å². The fourth-order valence-corrected chi connectivity index (χ4v) is 3.60. The van der Waals surface area contributed by atoms with Gasteiger partial charge in [-0.3, -0.25) is 4.79 Å². The minimum absolute atomic E-state index is 0.0881. The second-order valence-electron chi connectivity index (χ2n) is 7.44. The predicted molar refractivity (Wildman–Crippen MR) is 117 cm³/mol. The van der Waals surface area contributed by atoms with E-state index in [0.29, 0.717) is 36.3 Å². The Morgan fingerprint density at radius 2 is 1.94 bits per heavy atom. The lowest BCUT2D eigenvalue weighted by Gasteiger charge is -2.35. The number of morpholine rings is 1. The van der Waals surface area contributed by atoms with Crippen LogP contribution >= 0.6 is 0 Å². The molecule has 3 aromatic rings. The van der Waals surface area contributed by atoms with E-state index in [1.807, 2.05) is 13.8 Å². The molecular weight excluding hydrogens is 401 g/mol. The first-order valence-electron chi connectivity index (χ1n) is 10.0. The maximum Gasteiger partial charge on any atom is 0.271 e. The van der Waals surface area contributed by atoms with Crippen LogP contribution in [0.4, 0.5) is 21.8 Å². The Bertz CT molecular complexity index is 1080. The minimum Gasteiger partial charge on any atom is -0.463 e. The summed E-state index contributed by atoms with van der Waals surface area (Å²) in [6.45, 7) is 4.56. The van der Waals surface area contributed by atoms with Gasteiger partial charge in [-0.2, -0.15) is 4.98 Å². The number of ether oxygens (including phenoxy) is 2. The Morgan fingerprint density at radius 1 is 1.19 bits per heavy atom. The molecule has 1 saturated heterocycles. The highest BCUT2D eigenvalue weighted by Gasteiger charge is 2.24. The largest absolute Gasteiger partial charge is 0.463 e. The number of pyridine rings is 1. The van der Waals surface area contributed by atoms with E-state index in [2.05, 4.69) is 25.2 Å². The molecular formula is C22H24FN5O3. The smallest absolute Gasteiger partial charge is 0.271 e. The van der Waals surface area contributed by atoms with Crippen LogP contribution in [0.15, 0.2) is 53.6 Å². The first-order valence-corrected chi connectivity index (χ1v) is 10.0. The van der Waals surface area contributed by atoms with Gasteiger partial charge in [0.1, 0.15) is 17.3 Å². The van der Waals surface area contributed by atoms with Crippen LogP contribution in [0.2, 0.25) is 0 Å². The molecule has 0 aliphatic carbocycles. The summed E-state index contributed by atoms with van der Waals surface area (Å²) in [7, 11) is 0. The van der Waals surface area contributed by atoms with E-state index in [-0.39, 0.29) is 17.8 Å². The molecule has 1 aromatic carbocycles. The summed E-state index contributed by atoms with van der Waals surface area (Å²) in [6, 6.07) is 10.4. The summed E-state index contributed by atoms with van der Waals surface area (Å²) >= 11 is 0. The number of benzene rings is 1. The quantitative estimate of drug-likeness (QED) is 0.624. The first kappa shape index (κ1) is 20.8. The number of nitrogens with one attached hydrogen (secondary N) is 2. The molecule has 0 radical (unpaired) electrons. The van der Waals surface area contributed by atoms with E-state index in [1.54, 1.807) is 48.8 Å². The van der Waals surface area contributed by atoms with E-state index < -0.39 is 6.86 Å². The van der Waals surface area contributed by atoms with Crippen molar-refractivity contribution in [1.29, 1.82) is 0 Å². The van der Waals surface area contributed by atoms with Gasteiger partial charge in [0.05, 0.1) is 12.2 Å². The van der Waals surface area contributed by atoms with E-state index >= 15 is 0 Å². The van der Waals surface area contributed by atoms with Gasteiger partial charge in [-0.15, -0.1) is 0 Å². The Labute approximate surface area is 179 Å². The monoisotopic (exact) mass is 425 g/mol. The molecule has 162 valence electrons. The number of rotatable bonds is 6. The molecule has 2 N–H and O–H groups in total. The molecule has 2 atom stereocenters. The third-order valence-electron chi connectivity index (χ3n) is 4.92. The maximum absolute atomic E-state index is 12.4. The molecule has 1 aliphatic heterocycles. The summed E-state index contributed by atoms with van der Waals surface area (Å²) < 4.78 is 22.9. The lowest BCUT2D eigenvalue weighted by molar-refractivity contribution is -0.00571. The number of aromatic amines is 1. The summed E-state index contributed by atoms with van der Waals surface area (Å²) in [5.41, 5.74) is 1.73. The number of hydrogen-bond donors (Lipinski definition) is 2. The molecule has 0 bridgehead atoms. The second-order valence-corrected chi connectivity index (χ2v) is 7.44. The van der Waals surface area contributed by atoms with Gasteiger partial charge in [-0.25, -0.2) is 9.37 Å². The van der Waals surface area contributed by atoms with Crippen molar-refractivity contribution in [3.63, 3.8) is 0 Å². The molecule has 2 aromatic heterocycles. The second kappa shape index (κ2) is 9.13. The van der Waals surface area contributed by atoms with Crippen LogP contribution in [-0.2, 0) is 4.74 Å². The Kier molecular flexibility index (Phi) is 6.13. The molecule has 3 heterocycles. The zero-order valence-corrected chi connectivity index (χ0v) is 17.3. The predicted octanol–water partition coefficient (Wildman–Crippen LogP) is 3.49. The van der Waals surface area contributed by atoms with E-state index in [9.17, 15) is 9.18 Å². The van der Waals surface area contributed by atoms with Crippen molar-refractivity contribution in [1.82, 2.24) is 15.0 Å². The normalized spacial score (nSPS) is 18.6. The lowest BCUT2D eigenvalue weighted by atomic mass is 10.1. The summed E-state index contributed by atoms with van der Waals surface area (Å²) in [5.74, 6) is 1.54. The summed E-state index contributed by atoms with van der Waals surface area (Å²) in [6.07, 6.45) is 3.47. The van der Waals surface area contributed by atoms with Gasteiger partial charge in [-0.1, -0.05) is 12.1 Å². The SMILES string of the molecule is C[C@@H]1CN(c2nccc(Nc3cc(-c4ccc(OCF)cc4)c[nH]c3=O)n2)C[C@H](C)O1. The Morgan fingerprint density at radius 3 is 2.65 bits per heavy atom. The fourth-order valence-electron chi connectivity index (χ4n) is 3.60. The molecule has 1 fully saturated rings. The van der Waals surface area contributed by atoms with Crippen LogP contribution in [0.5, 0.6) is 5.75 Å². The zero-order valence-electron chi connectivity index (χ0n) is 17.3. The molecule has 0 spiro atoms. The van der Waals surface area contributed by atoms with Gasteiger partial charge in [-0.05, 0) is 43.7 Å². The van der Waals surface area contributed by atoms with Crippen LogP contribution in [0.25, 0.3) is 11.1 Å². The summed E-state index contributed by atoms with van der Waals surface area (Å²) in [5, 5.41) is 3.09. The molecule has 1 aliphatic rings. The number of aromatic nitrogens is 3. The molecule has 0 unspecified atom stereocenters. The molecule has 31 heavy (non-hydrogen) atoms. The van der Waals surface area contributed by atoms with Gasteiger partial charge in [0.15, 0.2) is 0 Å². The number of alkyl halides is 1. The van der Waals surface area contributed by atoms with Gasteiger partial charge in [0.2, 0.25) is 12.8 Å². The number of halogens is 1. The molecule has 0 saturated carbocycles. The van der Waals surface area contributed by atoms with Crippen LogP contribution in [-0.4, -0.2) is 47.1 Å². The maximum atomic E-state index is 12.4. The van der Waals surface area contributed by atoms with Crippen molar-refractivity contribution < 1.29 is 13.9 Å². The first-order chi connectivity index (χ1) is 15.0. The van der Waals surface area contributed by atoms with Crippen molar-refractivity contribution in [3.8, 4) is 16.9 Å². The number of H-pyrrole nitrogens is 1. The average Bonchev–Trinajstić information content (AvgIpc) is 2.76. The van der Waals surface area contributed by atoms with E-state index in [0.717, 1.165) is 11.1 Å². The standard InChI is InChI=1S/C22H24FN5O3/c1-14-11-28(12-15(2)31-14)22-24-8-7-20(27-22)26-19-9-17(10-25-21(19)29)16-3-5-18(6-4-16)30-13-23/h3-10,14-15H,11-13H2,1-2H3,(H,25,29)(H,24,26,27)/t14-,15+. The fraction of sp³-hybridized carbons (Fsp3) is 0.318. The third kappa shape index (κ3) is 5.00. The molecule has 8 nitrogen and oxygen atoms in total. The Hall–Kier alpha value is -3.46. The summed E-state index contributed by atoms with van der Waals surface area (Å²) in [4.78, 5) is 26.1. The van der Waals surface area contributed by atoms with Crippen molar-refractivity contribution in [2.24, 2.45) is 0 Å². The highest BCUT2D eigenvalue weighted by atomic mass is 19.1. The highest BCUT2D eigenvalue weighted by molar-refractivity contribution is 5.69. The van der Waals surface area contributed by atoms with Crippen LogP contribution < -0.4 is 20.5 Å². The topological polar surface area (TPSA) is 92.4 Å². The third-order valence-corrected chi connectivity index (χ3v) is 4.92. The number of anilines is 3. The van der Waals surface area contributed by atoms with Crippen molar-refractivity contribution >= 4 is 17.5 Å². The number of nitrogens with zero attached hydrogens (tertiary/aromatic N) is 3. The van der Waals surface area contributed by atoms with Gasteiger partial charge >= 0.3 is 0 Å². The molecule has 4 rings (SSSR count). The number of hydrogen-bond acceptors (Lipinski definition) is 7. The van der Waals surface area contributed by atoms with Gasteiger partial charge in [0, 0.05) is 31.0 Å². The van der Waals surface area contributed by atoms with Crippen molar-refractivity contribution in [2.75, 3.05) is 30.2 Å². The minimum atomic E-state index is -0.880. The highest BCUT2D eigenvalue weighted by Crippen LogP contribution is 2.24. The van der Waals surface area contributed by atoms with Crippen LogP contribution in [0.3, 0.4) is 0 Å². The Balaban J connectivity index is 1.55. The van der Waals surface area contributed by atoms with Crippen molar-refractivity contribution in [2.45, 2.75) is 26.1 Å². The lowest BCUT2D eigenvalue weighted by Crippen LogP contribution is -2.46.